The summed E-state index contributed by atoms with van der Waals surface area (Å²) in [6, 6.07) is 4.84. The van der Waals surface area contributed by atoms with E-state index in [9.17, 15) is 9.59 Å². The van der Waals surface area contributed by atoms with Crippen LogP contribution in [0.15, 0.2) is 18.2 Å². The first-order valence-corrected chi connectivity index (χ1v) is 6.71. The fraction of sp³-hybridized carbons (Fsp3) is 0.385. The Morgan fingerprint density at radius 3 is 2.63 bits per heavy atom. The fourth-order valence-corrected chi connectivity index (χ4v) is 2.46. The van der Waals surface area contributed by atoms with Gasteiger partial charge in [-0.05, 0) is 25.0 Å². The van der Waals surface area contributed by atoms with Gasteiger partial charge < -0.3 is 4.90 Å². The minimum Gasteiger partial charge on any atom is -0.306 e. The van der Waals surface area contributed by atoms with Gasteiger partial charge in [-0.1, -0.05) is 42.3 Å². The average molecular weight is 301 g/mol. The maximum atomic E-state index is 11.9. The SMILES string of the molecule is CCC1(C)C(=O)NC(=O)N1Cc1cccc(Cl)c1Cl. The minimum atomic E-state index is -0.845. The largest absolute Gasteiger partial charge is 0.325 e. The third-order valence-corrected chi connectivity index (χ3v) is 4.46. The van der Waals surface area contributed by atoms with Crippen LogP contribution >= 0.6 is 23.2 Å². The number of nitrogens with one attached hydrogen (secondary N) is 1. The van der Waals surface area contributed by atoms with Crippen LogP contribution in [-0.2, 0) is 11.3 Å². The quantitative estimate of drug-likeness (QED) is 0.872. The van der Waals surface area contributed by atoms with Crippen LogP contribution in [0, 0.1) is 0 Å². The van der Waals surface area contributed by atoms with E-state index < -0.39 is 11.6 Å². The summed E-state index contributed by atoms with van der Waals surface area (Å²) in [7, 11) is 0. The van der Waals surface area contributed by atoms with Crippen molar-refractivity contribution in [2.75, 3.05) is 0 Å². The molecule has 102 valence electrons. The van der Waals surface area contributed by atoms with Crippen molar-refractivity contribution in [3.63, 3.8) is 0 Å². The number of benzene rings is 1. The second-order valence-corrected chi connectivity index (χ2v) is 5.47. The first-order valence-electron chi connectivity index (χ1n) is 5.96. The van der Waals surface area contributed by atoms with Gasteiger partial charge in [-0.3, -0.25) is 10.1 Å². The van der Waals surface area contributed by atoms with Gasteiger partial charge >= 0.3 is 6.03 Å². The molecule has 1 heterocycles. The van der Waals surface area contributed by atoms with Crippen LogP contribution in [0.4, 0.5) is 4.79 Å². The second kappa shape index (κ2) is 5.02. The van der Waals surface area contributed by atoms with E-state index in [1.165, 1.54) is 4.90 Å². The Kier molecular flexibility index (Phi) is 3.74. The summed E-state index contributed by atoms with van der Waals surface area (Å²) in [5.74, 6) is -0.279. The Morgan fingerprint density at radius 2 is 2.00 bits per heavy atom. The molecule has 2 rings (SSSR count). The smallest absolute Gasteiger partial charge is 0.306 e. The highest BCUT2D eigenvalue weighted by Crippen LogP contribution is 2.31. The Labute approximate surface area is 121 Å². The zero-order valence-corrected chi connectivity index (χ0v) is 12.2. The molecule has 3 amide bonds. The first kappa shape index (κ1) is 14.2. The molecule has 1 N–H and O–H groups in total. The van der Waals surface area contributed by atoms with Crippen LogP contribution in [0.5, 0.6) is 0 Å². The molecular formula is C13H14Cl2N2O2. The molecule has 0 saturated carbocycles. The molecule has 4 nitrogen and oxygen atoms in total. The van der Waals surface area contributed by atoms with E-state index in [0.29, 0.717) is 16.5 Å². The van der Waals surface area contributed by atoms with Crippen molar-refractivity contribution in [1.82, 2.24) is 10.2 Å². The van der Waals surface area contributed by atoms with Gasteiger partial charge in [0.25, 0.3) is 5.91 Å². The molecule has 1 aliphatic heterocycles. The molecule has 19 heavy (non-hydrogen) atoms. The number of imide groups is 1. The van der Waals surface area contributed by atoms with Crippen molar-refractivity contribution < 1.29 is 9.59 Å². The van der Waals surface area contributed by atoms with E-state index in [0.717, 1.165) is 5.56 Å². The average Bonchev–Trinajstić information content (AvgIpc) is 2.59. The van der Waals surface area contributed by atoms with Crippen molar-refractivity contribution in [2.24, 2.45) is 0 Å². The maximum absolute atomic E-state index is 11.9. The zero-order chi connectivity index (χ0) is 14.2. The number of hydrogen-bond donors (Lipinski definition) is 1. The van der Waals surface area contributed by atoms with Crippen LogP contribution in [0.2, 0.25) is 10.0 Å². The van der Waals surface area contributed by atoms with Crippen molar-refractivity contribution in [3.05, 3.63) is 33.8 Å². The summed E-state index contributed by atoms with van der Waals surface area (Å²) in [4.78, 5) is 25.2. The predicted octanol–water partition coefficient (Wildman–Crippen LogP) is 3.21. The van der Waals surface area contributed by atoms with Gasteiger partial charge in [0.2, 0.25) is 0 Å². The first-order chi connectivity index (χ1) is 8.90. The Bertz CT molecular complexity index is 547. The van der Waals surface area contributed by atoms with E-state index >= 15 is 0 Å². The van der Waals surface area contributed by atoms with Crippen LogP contribution in [0.3, 0.4) is 0 Å². The molecule has 1 aromatic carbocycles. The normalized spacial score (nSPS) is 22.8. The Hall–Kier alpha value is -1.26. The summed E-state index contributed by atoms with van der Waals surface area (Å²) in [5.41, 5.74) is -0.124. The summed E-state index contributed by atoms with van der Waals surface area (Å²) in [6.45, 7) is 3.86. The lowest BCUT2D eigenvalue weighted by Gasteiger charge is -2.31. The topological polar surface area (TPSA) is 49.4 Å². The number of urea groups is 1. The molecule has 1 unspecified atom stereocenters. The molecule has 0 aliphatic carbocycles. The highest BCUT2D eigenvalue weighted by molar-refractivity contribution is 6.42. The van der Waals surface area contributed by atoms with Gasteiger partial charge in [0.15, 0.2) is 0 Å². The molecule has 0 bridgehead atoms. The molecule has 1 saturated heterocycles. The van der Waals surface area contributed by atoms with Crippen LogP contribution < -0.4 is 5.32 Å². The van der Waals surface area contributed by atoms with E-state index in [1.54, 1.807) is 25.1 Å². The van der Waals surface area contributed by atoms with Gasteiger partial charge in [0.1, 0.15) is 5.54 Å². The number of amides is 3. The summed E-state index contributed by atoms with van der Waals surface area (Å²) in [5, 5.41) is 3.18. The lowest BCUT2D eigenvalue weighted by atomic mass is 9.97. The molecule has 1 aliphatic rings. The van der Waals surface area contributed by atoms with Crippen molar-refractivity contribution in [2.45, 2.75) is 32.4 Å². The number of rotatable bonds is 3. The van der Waals surface area contributed by atoms with Gasteiger partial charge in [0.05, 0.1) is 16.6 Å². The van der Waals surface area contributed by atoms with Gasteiger partial charge in [-0.15, -0.1) is 0 Å². The van der Waals surface area contributed by atoms with E-state index in [-0.39, 0.29) is 12.5 Å². The second-order valence-electron chi connectivity index (χ2n) is 4.69. The number of halogens is 2. The Balaban J connectivity index is 2.34. The van der Waals surface area contributed by atoms with Crippen molar-refractivity contribution >= 4 is 35.1 Å². The summed E-state index contributed by atoms with van der Waals surface area (Å²) >= 11 is 12.1. The Morgan fingerprint density at radius 1 is 1.32 bits per heavy atom. The molecule has 1 atom stereocenters. The molecule has 1 aromatic rings. The number of carbonyl (C=O) groups is 2. The van der Waals surface area contributed by atoms with Crippen LogP contribution in [0.25, 0.3) is 0 Å². The van der Waals surface area contributed by atoms with Crippen molar-refractivity contribution in [3.8, 4) is 0 Å². The third-order valence-electron chi connectivity index (χ3n) is 3.60. The molecule has 0 aromatic heterocycles. The lowest BCUT2D eigenvalue weighted by Crippen LogP contribution is -2.46. The number of carbonyl (C=O) groups excluding carboxylic acids is 2. The van der Waals surface area contributed by atoms with Gasteiger partial charge in [-0.2, -0.15) is 0 Å². The molecule has 6 heteroatoms. The number of nitrogens with zero attached hydrogens (tertiary/aromatic N) is 1. The minimum absolute atomic E-state index is 0.251. The van der Waals surface area contributed by atoms with Crippen molar-refractivity contribution in [1.29, 1.82) is 0 Å². The monoisotopic (exact) mass is 300 g/mol. The van der Waals surface area contributed by atoms with E-state index in [4.69, 9.17) is 23.2 Å². The number of hydrogen-bond acceptors (Lipinski definition) is 2. The zero-order valence-electron chi connectivity index (χ0n) is 10.7. The lowest BCUT2D eigenvalue weighted by molar-refractivity contribution is -0.126. The van der Waals surface area contributed by atoms with Gasteiger partial charge in [0, 0.05) is 0 Å². The predicted molar refractivity (Wildman–Crippen MR) is 74.2 cm³/mol. The highest BCUT2D eigenvalue weighted by Gasteiger charge is 2.47. The maximum Gasteiger partial charge on any atom is 0.325 e. The third kappa shape index (κ3) is 2.30. The molecule has 0 radical (unpaired) electrons. The highest BCUT2D eigenvalue weighted by atomic mass is 35.5. The van der Waals surface area contributed by atoms with Crippen LogP contribution in [-0.4, -0.2) is 22.4 Å². The molecular weight excluding hydrogens is 287 g/mol. The standard InChI is InChI=1S/C13H14Cl2N2O2/c1-3-13(2)11(18)16-12(19)17(13)7-8-5-4-6-9(14)10(8)15/h4-6H,3,7H2,1-2H3,(H,16,18,19). The van der Waals surface area contributed by atoms with E-state index in [1.807, 2.05) is 6.92 Å². The van der Waals surface area contributed by atoms with Gasteiger partial charge in [-0.25, -0.2) is 4.79 Å². The summed E-state index contributed by atoms with van der Waals surface area (Å²) in [6.07, 6.45) is 0.531. The fourth-order valence-electron chi connectivity index (χ4n) is 2.08. The van der Waals surface area contributed by atoms with E-state index in [2.05, 4.69) is 5.32 Å². The molecule has 1 fully saturated rings. The van der Waals surface area contributed by atoms with Crippen LogP contribution in [0.1, 0.15) is 25.8 Å². The molecule has 0 spiro atoms. The summed E-state index contributed by atoms with van der Waals surface area (Å²) < 4.78 is 0.